The zero-order chi connectivity index (χ0) is 14.5. The number of pyridine rings is 1. The van der Waals surface area contributed by atoms with Gasteiger partial charge in [0.1, 0.15) is 11.7 Å². The summed E-state index contributed by atoms with van der Waals surface area (Å²) in [6.07, 6.45) is 0.180. The Morgan fingerprint density at radius 3 is 2.85 bits per heavy atom. The molecule has 1 aromatic heterocycles. The van der Waals surface area contributed by atoms with Gasteiger partial charge in [0.15, 0.2) is 5.78 Å². The molecule has 0 bridgehead atoms. The highest BCUT2D eigenvalue weighted by molar-refractivity contribution is 6.31. The molecular formula is C16H16ClNO2. The number of benzene rings is 1. The summed E-state index contributed by atoms with van der Waals surface area (Å²) in [6.45, 7) is 5.47. The fourth-order valence-electron chi connectivity index (χ4n) is 2.75. The molecule has 2 heterocycles. The number of carbonyl (C=O) groups excluding carboxylic acids is 1. The van der Waals surface area contributed by atoms with Crippen molar-refractivity contribution in [1.82, 2.24) is 4.98 Å². The van der Waals surface area contributed by atoms with Gasteiger partial charge in [0.05, 0.1) is 11.2 Å². The molecule has 0 radical (unpaired) electrons. The molecule has 1 atom stereocenters. The van der Waals surface area contributed by atoms with Gasteiger partial charge in [-0.05, 0) is 50.6 Å². The summed E-state index contributed by atoms with van der Waals surface area (Å²) >= 11 is 6.03. The van der Waals surface area contributed by atoms with Crippen molar-refractivity contribution in [2.45, 2.75) is 38.9 Å². The van der Waals surface area contributed by atoms with E-state index in [0.29, 0.717) is 11.4 Å². The average molecular weight is 290 g/mol. The lowest BCUT2D eigenvalue weighted by Crippen LogP contribution is -2.40. The van der Waals surface area contributed by atoms with E-state index in [1.165, 1.54) is 0 Å². The van der Waals surface area contributed by atoms with Crippen molar-refractivity contribution in [3.8, 4) is 0 Å². The van der Waals surface area contributed by atoms with Crippen molar-refractivity contribution in [3.63, 3.8) is 0 Å². The van der Waals surface area contributed by atoms with Gasteiger partial charge >= 0.3 is 0 Å². The van der Waals surface area contributed by atoms with Crippen LogP contribution in [0.15, 0.2) is 24.3 Å². The maximum Gasteiger partial charge on any atom is 0.158 e. The van der Waals surface area contributed by atoms with Crippen LogP contribution in [0.4, 0.5) is 0 Å². The third-order valence-electron chi connectivity index (χ3n) is 3.72. The third kappa shape index (κ3) is 2.21. The molecule has 2 aromatic rings. The molecule has 20 heavy (non-hydrogen) atoms. The van der Waals surface area contributed by atoms with Crippen molar-refractivity contribution >= 4 is 28.3 Å². The molecule has 0 saturated carbocycles. The van der Waals surface area contributed by atoms with E-state index in [-0.39, 0.29) is 5.78 Å². The standard InChI is InChI=1S/C16H16ClNO2/c1-9(19)14-8-11-6-10-7-12(17)4-5-13(10)18-15(11)16(2,3)20-14/h4-7,14H,8H2,1-3H3. The van der Waals surface area contributed by atoms with Crippen LogP contribution in [0.25, 0.3) is 10.9 Å². The number of ether oxygens (including phenoxy) is 1. The molecule has 1 aliphatic heterocycles. The number of hydrogen-bond acceptors (Lipinski definition) is 3. The predicted molar refractivity (Wildman–Crippen MR) is 79.0 cm³/mol. The van der Waals surface area contributed by atoms with Gasteiger partial charge in [0, 0.05) is 16.8 Å². The van der Waals surface area contributed by atoms with Crippen LogP contribution in [-0.2, 0) is 21.6 Å². The first-order chi connectivity index (χ1) is 9.37. The van der Waals surface area contributed by atoms with Gasteiger partial charge in [-0.3, -0.25) is 4.79 Å². The van der Waals surface area contributed by atoms with Gasteiger partial charge in [-0.15, -0.1) is 0 Å². The number of nitrogens with zero attached hydrogens (tertiary/aromatic N) is 1. The maximum atomic E-state index is 11.6. The second kappa shape index (κ2) is 4.54. The van der Waals surface area contributed by atoms with Gasteiger partial charge in [0.25, 0.3) is 0 Å². The first-order valence-electron chi connectivity index (χ1n) is 6.65. The number of aromatic nitrogens is 1. The van der Waals surface area contributed by atoms with Crippen LogP contribution in [0.2, 0.25) is 5.02 Å². The summed E-state index contributed by atoms with van der Waals surface area (Å²) in [5.41, 5.74) is 2.31. The van der Waals surface area contributed by atoms with E-state index >= 15 is 0 Å². The monoisotopic (exact) mass is 289 g/mol. The molecule has 0 fully saturated rings. The Labute approximate surface area is 122 Å². The number of fused-ring (bicyclic) bond motifs is 2. The summed E-state index contributed by atoms with van der Waals surface area (Å²) in [4.78, 5) is 16.4. The lowest BCUT2D eigenvalue weighted by atomic mass is 9.89. The number of halogens is 1. The van der Waals surface area contributed by atoms with E-state index in [9.17, 15) is 4.79 Å². The fraction of sp³-hybridized carbons (Fsp3) is 0.375. The molecular weight excluding hydrogens is 274 g/mol. The van der Waals surface area contributed by atoms with Crippen LogP contribution in [-0.4, -0.2) is 16.9 Å². The van der Waals surface area contributed by atoms with Crippen LogP contribution in [0.1, 0.15) is 32.0 Å². The van der Waals surface area contributed by atoms with Crippen molar-refractivity contribution in [2.24, 2.45) is 0 Å². The first kappa shape index (κ1) is 13.5. The Kier molecular flexibility index (Phi) is 3.07. The third-order valence-corrected chi connectivity index (χ3v) is 3.96. The smallest absolute Gasteiger partial charge is 0.158 e. The summed E-state index contributed by atoms with van der Waals surface area (Å²) in [5.74, 6) is 0.0508. The molecule has 1 aliphatic rings. The lowest BCUT2D eigenvalue weighted by Gasteiger charge is -2.36. The molecule has 0 amide bonds. The van der Waals surface area contributed by atoms with Crippen molar-refractivity contribution in [2.75, 3.05) is 0 Å². The maximum absolute atomic E-state index is 11.6. The van der Waals surface area contributed by atoms with Gasteiger partial charge in [0.2, 0.25) is 0 Å². The van der Waals surface area contributed by atoms with E-state index in [2.05, 4.69) is 6.07 Å². The van der Waals surface area contributed by atoms with E-state index < -0.39 is 11.7 Å². The number of hydrogen-bond donors (Lipinski definition) is 0. The Morgan fingerprint density at radius 2 is 2.15 bits per heavy atom. The Morgan fingerprint density at radius 1 is 1.40 bits per heavy atom. The van der Waals surface area contributed by atoms with E-state index in [0.717, 1.165) is 22.2 Å². The van der Waals surface area contributed by atoms with Crippen LogP contribution < -0.4 is 0 Å². The molecule has 4 heteroatoms. The molecule has 1 aromatic carbocycles. The van der Waals surface area contributed by atoms with Crippen LogP contribution >= 0.6 is 11.6 Å². The average Bonchev–Trinajstić information content (AvgIpc) is 2.35. The van der Waals surface area contributed by atoms with Gasteiger partial charge in [-0.2, -0.15) is 0 Å². The van der Waals surface area contributed by atoms with E-state index in [4.69, 9.17) is 21.3 Å². The summed E-state index contributed by atoms with van der Waals surface area (Å²) in [6, 6.07) is 7.71. The minimum absolute atomic E-state index is 0.0508. The van der Waals surface area contributed by atoms with Gasteiger partial charge < -0.3 is 4.74 Å². The molecule has 0 saturated heterocycles. The van der Waals surface area contributed by atoms with Crippen LogP contribution in [0, 0.1) is 0 Å². The van der Waals surface area contributed by atoms with E-state index in [1.807, 2.05) is 32.0 Å². The highest BCUT2D eigenvalue weighted by Crippen LogP contribution is 2.36. The van der Waals surface area contributed by atoms with Gasteiger partial charge in [-0.1, -0.05) is 11.6 Å². The number of Topliss-reactive ketones (excluding diaryl/α,β-unsaturated/α-hetero) is 1. The van der Waals surface area contributed by atoms with Crippen LogP contribution in [0.5, 0.6) is 0 Å². The summed E-state index contributed by atoms with van der Waals surface area (Å²) in [5, 5.41) is 1.69. The fourth-order valence-corrected chi connectivity index (χ4v) is 2.93. The summed E-state index contributed by atoms with van der Waals surface area (Å²) < 4.78 is 5.90. The first-order valence-corrected chi connectivity index (χ1v) is 7.02. The molecule has 0 aliphatic carbocycles. The molecule has 104 valence electrons. The van der Waals surface area contributed by atoms with Gasteiger partial charge in [-0.25, -0.2) is 4.98 Å². The molecule has 0 N–H and O–H groups in total. The Balaban J connectivity index is 2.20. The largest absolute Gasteiger partial charge is 0.358 e. The van der Waals surface area contributed by atoms with Crippen molar-refractivity contribution in [1.29, 1.82) is 0 Å². The normalized spacial score (nSPS) is 20.7. The minimum atomic E-state index is -0.558. The summed E-state index contributed by atoms with van der Waals surface area (Å²) in [7, 11) is 0. The zero-order valence-electron chi connectivity index (χ0n) is 11.7. The van der Waals surface area contributed by atoms with Crippen molar-refractivity contribution < 1.29 is 9.53 Å². The Hall–Kier alpha value is -1.45. The minimum Gasteiger partial charge on any atom is -0.358 e. The second-order valence-corrected chi connectivity index (χ2v) is 6.20. The molecule has 1 unspecified atom stereocenters. The SMILES string of the molecule is CC(=O)C1Cc2cc3cc(Cl)ccc3nc2C(C)(C)O1. The van der Waals surface area contributed by atoms with E-state index in [1.54, 1.807) is 6.92 Å². The molecule has 0 spiro atoms. The lowest BCUT2D eigenvalue weighted by molar-refractivity contribution is -0.144. The highest BCUT2D eigenvalue weighted by Gasteiger charge is 2.37. The number of rotatable bonds is 1. The topological polar surface area (TPSA) is 39.2 Å². The quantitative estimate of drug-likeness (QED) is 0.804. The zero-order valence-corrected chi connectivity index (χ0v) is 12.5. The number of ketones is 1. The molecule has 3 rings (SSSR count). The molecule has 3 nitrogen and oxygen atoms in total. The highest BCUT2D eigenvalue weighted by atomic mass is 35.5. The predicted octanol–water partition coefficient (Wildman–Crippen LogP) is 3.65. The Bertz CT molecular complexity index is 709. The second-order valence-electron chi connectivity index (χ2n) is 5.76. The van der Waals surface area contributed by atoms with Crippen molar-refractivity contribution in [3.05, 3.63) is 40.5 Å². The number of carbonyl (C=O) groups is 1. The van der Waals surface area contributed by atoms with Crippen LogP contribution in [0.3, 0.4) is 0 Å².